The Morgan fingerprint density at radius 2 is 2.16 bits per heavy atom. The first-order valence-electron chi connectivity index (χ1n) is 6.32. The van der Waals surface area contributed by atoms with Crippen molar-refractivity contribution in [1.29, 1.82) is 5.26 Å². The minimum atomic E-state index is 0.139. The van der Waals surface area contributed by atoms with Crippen molar-refractivity contribution >= 4 is 23.2 Å². The number of nitriles is 1. The van der Waals surface area contributed by atoms with Gasteiger partial charge >= 0.3 is 0 Å². The van der Waals surface area contributed by atoms with E-state index in [0.717, 1.165) is 31.6 Å². The lowest BCUT2D eigenvalue weighted by molar-refractivity contribution is -0.129. The maximum Gasteiger partial charge on any atom is 0.219 e. The fourth-order valence-corrected chi connectivity index (χ4v) is 2.49. The molecule has 0 aliphatic carbocycles. The maximum absolute atomic E-state index is 11.2. The van der Waals surface area contributed by atoms with Gasteiger partial charge in [-0.25, -0.2) is 0 Å². The predicted octanol–water partition coefficient (Wildman–Crippen LogP) is 2.63. The van der Waals surface area contributed by atoms with Crippen LogP contribution in [0, 0.1) is 11.3 Å². The number of benzene rings is 1. The second-order valence-electron chi connectivity index (χ2n) is 4.73. The van der Waals surface area contributed by atoms with E-state index in [-0.39, 0.29) is 5.91 Å². The lowest BCUT2D eigenvalue weighted by Gasteiger charge is -2.32. The highest BCUT2D eigenvalue weighted by atomic mass is 35.5. The van der Waals surface area contributed by atoms with Crippen LogP contribution >= 0.6 is 11.6 Å². The highest BCUT2D eigenvalue weighted by Gasteiger charge is 2.20. The summed E-state index contributed by atoms with van der Waals surface area (Å²) in [5.41, 5.74) is 1.41. The van der Waals surface area contributed by atoms with Crippen molar-refractivity contribution in [1.82, 2.24) is 4.90 Å². The van der Waals surface area contributed by atoms with Crippen molar-refractivity contribution in [3.8, 4) is 6.07 Å². The molecular weight excluding hydrogens is 262 g/mol. The van der Waals surface area contributed by atoms with E-state index >= 15 is 0 Å². The molecule has 1 amide bonds. The van der Waals surface area contributed by atoms with Gasteiger partial charge in [-0.05, 0) is 31.0 Å². The Morgan fingerprint density at radius 3 is 2.68 bits per heavy atom. The van der Waals surface area contributed by atoms with Crippen LogP contribution in [0.4, 0.5) is 5.69 Å². The van der Waals surface area contributed by atoms with Gasteiger partial charge in [-0.1, -0.05) is 11.6 Å². The minimum absolute atomic E-state index is 0.139. The third-order valence-corrected chi connectivity index (χ3v) is 3.71. The third kappa shape index (κ3) is 3.39. The van der Waals surface area contributed by atoms with Crippen LogP contribution in [0.25, 0.3) is 0 Å². The quantitative estimate of drug-likeness (QED) is 0.904. The van der Waals surface area contributed by atoms with Crippen molar-refractivity contribution in [2.75, 3.05) is 18.4 Å². The molecule has 100 valence electrons. The average Bonchev–Trinajstić information content (AvgIpc) is 2.39. The van der Waals surface area contributed by atoms with Gasteiger partial charge in [0, 0.05) is 31.7 Å². The molecule has 5 heteroatoms. The smallest absolute Gasteiger partial charge is 0.219 e. The molecule has 4 nitrogen and oxygen atoms in total. The Bertz CT molecular complexity index is 516. The summed E-state index contributed by atoms with van der Waals surface area (Å²) in [6.07, 6.45) is 1.86. The summed E-state index contributed by atoms with van der Waals surface area (Å²) >= 11 is 6.00. The first kappa shape index (κ1) is 13.7. The van der Waals surface area contributed by atoms with E-state index in [1.165, 1.54) is 0 Å². The average molecular weight is 278 g/mol. The van der Waals surface area contributed by atoms with Gasteiger partial charge in [0.25, 0.3) is 0 Å². The molecule has 0 atom stereocenters. The molecule has 19 heavy (non-hydrogen) atoms. The number of likely N-dealkylation sites (tertiary alicyclic amines) is 1. The normalized spacial score (nSPS) is 15.9. The van der Waals surface area contributed by atoms with Crippen LogP contribution < -0.4 is 5.32 Å². The SMILES string of the molecule is CC(=O)N1CCC(Nc2ccc(C#N)c(Cl)c2)CC1. The number of hydrogen-bond acceptors (Lipinski definition) is 3. The lowest BCUT2D eigenvalue weighted by atomic mass is 10.0. The molecular formula is C14H16ClN3O. The van der Waals surface area contributed by atoms with Crippen LogP contribution in [0.3, 0.4) is 0 Å². The van der Waals surface area contributed by atoms with Crippen LogP contribution in [0.5, 0.6) is 0 Å². The van der Waals surface area contributed by atoms with Gasteiger partial charge < -0.3 is 10.2 Å². The molecule has 1 aromatic rings. The summed E-state index contributed by atoms with van der Waals surface area (Å²) in [4.78, 5) is 13.1. The summed E-state index contributed by atoms with van der Waals surface area (Å²) in [6.45, 7) is 3.18. The summed E-state index contributed by atoms with van der Waals surface area (Å²) in [5.74, 6) is 0.139. The Morgan fingerprint density at radius 1 is 1.47 bits per heavy atom. The molecule has 0 radical (unpaired) electrons. The molecule has 1 aliphatic heterocycles. The predicted molar refractivity (Wildman–Crippen MR) is 75.1 cm³/mol. The number of carbonyl (C=O) groups is 1. The van der Waals surface area contributed by atoms with Crippen LogP contribution in [-0.4, -0.2) is 29.9 Å². The second-order valence-corrected chi connectivity index (χ2v) is 5.14. The zero-order valence-corrected chi connectivity index (χ0v) is 11.6. The molecule has 1 N–H and O–H groups in total. The Hall–Kier alpha value is -1.73. The molecule has 0 spiro atoms. The third-order valence-electron chi connectivity index (χ3n) is 3.40. The second kappa shape index (κ2) is 5.94. The van der Waals surface area contributed by atoms with Crippen molar-refractivity contribution < 1.29 is 4.79 Å². The van der Waals surface area contributed by atoms with E-state index < -0.39 is 0 Å². The van der Waals surface area contributed by atoms with Crippen LogP contribution in [0.2, 0.25) is 5.02 Å². The van der Waals surface area contributed by atoms with Crippen molar-refractivity contribution in [3.63, 3.8) is 0 Å². The molecule has 1 aliphatic rings. The fourth-order valence-electron chi connectivity index (χ4n) is 2.27. The van der Waals surface area contributed by atoms with Gasteiger partial charge in [0.15, 0.2) is 0 Å². The number of amides is 1. The summed E-state index contributed by atoms with van der Waals surface area (Å²) in [6, 6.07) is 7.74. The number of halogens is 1. The number of hydrogen-bond donors (Lipinski definition) is 1. The molecule has 0 aromatic heterocycles. The number of rotatable bonds is 2. The van der Waals surface area contributed by atoms with E-state index in [0.29, 0.717) is 16.6 Å². The van der Waals surface area contributed by atoms with E-state index in [9.17, 15) is 4.79 Å². The van der Waals surface area contributed by atoms with Gasteiger partial charge in [-0.15, -0.1) is 0 Å². The molecule has 1 fully saturated rings. The topological polar surface area (TPSA) is 56.1 Å². The molecule has 0 bridgehead atoms. The zero-order valence-electron chi connectivity index (χ0n) is 10.8. The monoisotopic (exact) mass is 277 g/mol. The highest BCUT2D eigenvalue weighted by Crippen LogP contribution is 2.22. The van der Waals surface area contributed by atoms with Gasteiger partial charge in [0.1, 0.15) is 6.07 Å². The van der Waals surface area contributed by atoms with E-state index in [4.69, 9.17) is 16.9 Å². The molecule has 1 aromatic carbocycles. The summed E-state index contributed by atoms with van der Waals surface area (Å²) in [7, 11) is 0. The lowest BCUT2D eigenvalue weighted by Crippen LogP contribution is -2.41. The Kier molecular flexibility index (Phi) is 4.28. The van der Waals surface area contributed by atoms with Crippen LogP contribution in [-0.2, 0) is 4.79 Å². The van der Waals surface area contributed by atoms with Gasteiger partial charge in [0.2, 0.25) is 5.91 Å². The van der Waals surface area contributed by atoms with Crippen LogP contribution in [0.1, 0.15) is 25.3 Å². The summed E-state index contributed by atoms with van der Waals surface area (Å²) in [5, 5.41) is 12.7. The largest absolute Gasteiger partial charge is 0.382 e. The standard InChI is InChI=1S/C14H16ClN3O/c1-10(19)18-6-4-12(5-7-18)17-13-3-2-11(9-16)14(15)8-13/h2-3,8,12,17H,4-7H2,1H3. The number of nitrogens with one attached hydrogen (secondary N) is 1. The van der Waals surface area contributed by atoms with E-state index in [2.05, 4.69) is 5.32 Å². The molecule has 1 saturated heterocycles. The minimum Gasteiger partial charge on any atom is -0.382 e. The molecule has 0 saturated carbocycles. The fraction of sp³-hybridized carbons (Fsp3) is 0.429. The molecule has 2 rings (SSSR count). The zero-order chi connectivity index (χ0) is 13.8. The molecule has 1 heterocycles. The first-order chi connectivity index (χ1) is 9.10. The van der Waals surface area contributed by atoms with Gasteiger partial charge in [-0.3, -0.25) is 4.79 Å². The van der Waals surface area contributed by atoms with Gasteiger partial charge in [0.05, 0.1) is 10.6 Å². The molecule has 0 unspecified atom stereocenters. The number of piperidine rings is 1. The Balaban J connectivity index is 1.94. The van der Waals surface area contributed by atoms with Crippen molar-refractivity contribution in [3.05, 3.63) is 28.8 Å². The van der Waals surface area contributed by atoms with Crippen molar-refractivity contribution in [2.45, 2.75) is 25.8 Å². The number of carbonyl (C=O) groups excluding carboxylic acids is 1. The van der Waals surface area contributed by atoms with Crippen molar-refractivity contribution in [2.24, 2.45) is 0 Å². The van der Waals surface area contributed by atoms with Gasteiger partial charge in [-0.2, -0.15) is 5.26 Å². The Labute approximate surface area is 118 Å². The first-order valence-corrected chi connectivity index (χ1v) is 6.69. The highest BCUT2D eigenvalue weighted by molar-refractivity contribution is 6.32. The van der Waals surface area contributed by atoms with Crippen LogP contribution in [0.15, 0.2) is 18.2 Å². The van der Waals surface area contributed by atoms with E-state index in [1.54, 1.807) is 19.1 Å². The number of anilines is 1. The number of nitrogens with zero attached hydrogens (tertiary/aromatic N) is 2. The summed E-state index contributed by atoms with van der Waals surface area (Å²) < 4.78 is 0. The van der Waals surface area contributed by atoms with E-state index in [1.807, 2.05) is 17.0 Å². The maximum atomic E-state index is 11.2.